The van der Waals surface area contributed by atoms with Crippen LogP contribution in [0.2, 0.25) is 0 Å². The summed E-state index contributed by atoms with van der Waals surface area (Å²) in [6.07, 6.45) is 0. The maximum atomic E-state index is 11.2. The number of likely N-dealkylation sites (N-methyl/N-ethyl adjacent to an activating group) is 1. The number of anilines is 2. The van der Waals surface area contributed by atoms with Crippen molar-refractivity contribution in [2.75, 3.05) is 23.8 Å². The van der Waals surface area contributed by atoms with Gasteiger partial charge in [0.2, 0.25) is 5.91 Å². The van der Waals surface area contributed by atoms with Crippen LogP contribution in [0.15, 0.2) is 18.2 Å². The van der Waals surface area contributed by atoms with Gasteiger partial charge in [-0.15, -0.1) is 0 Å². The van der Waals surface area contributed by atoms with Crippen LogP contribution in [0.25, 0.3) is 0 Å². The van der Waals surface area contributed by atoms with E-state index >= 15 is 0 Å². The molecule has 3 nitrogen and oxygen atoms in total. The van der Waals surface area contributed by atoms with Crippen LogP contribution in [0.3, 0.4) is 0 Å². The lowest BCUT2D eigenvalue weighted by molar-refractivity contribution is -0.115. The van der Waals surface area contributed by atoms with Crippen LogP contribution in [0.5, 0.6) is 0 Å². The first-order valence-corrected chi connectivity index (χ1v) is 5.28. The number of nitrogens with zero attached hydrogens (tertiary/aromatic N) is 1. The number of carbonyl (C=O) groups excluding carboxylic acids is 1. The molecule has 3 heteroatoms. The molecule has 0 unspecified atom stereocenters. The lowest BCUT2D eigenvalue weighted by Gasteiger charge is -2.27. The van der Waals surface area contributed by atoms with Gasteiger partial charge in [0, 0.05) is 7.05 Å². The molecule has 0 saturated heterocycles. The Hall–Kier alpha value is -1.51. The second-order valence-electron chi connectivity index (χ2n) is 3.42. The number of fused-ring (bicyclic) bond motifs is 1. The van der Waals surface area contributed by atoms with Gasteiger partial charge in [0.05, 0.1) is 17.9 Å². The lowest BCUT2D eigenvalue weighted by Crippen LogP contribution is -2.35. The van der Waals surface area contributed by atoms with Crippen molar-refractivity contribution in [2.45, 2.75) is 20.8 Å². The molecule has 0 spiro atoms. The van der Waals surface area contributed by atoms with E-state index in [2.05, 4.69) is 11.4 Å². The summed E-state index contributed by atoms with van der Waals surface area (Å²) < 4.78 is 0. The van der Waals surface area contributed by atoms with Gasteiger partial charge in [-0.25, -0.2) is 0 Å². The number of hydrogen-bond donors (Lipinski definition) is 1. The number of amides is 1. The van der Waals surface area contributed by atoms with Crippen LogP contribution in [0.4, 0.5) is 11.4 Å². The van der Waals surface area contributed by atoms with Crippen LogP contribution in [0.1, 0.15) is 19.4 Å². The molecule has 0 aliphatic carbocycles. The van der Waals surface area contributed by atoms with Crippen molar-refractivity contribution < 1.29 is 4.79 Å². The quantitative estimate of drug-likeness (QED) is 0.707. The normalized spacial score (nSPS) is 13.6. The monoisotopic (exact) mass is 206 g/mol. The highest BCUT2D eigenvalue weighted by atomic mass is 16.2. The smallest absolute Gasteiger partial charge is 0.243 e. The Labute approximate surface area is 91.1 Å². The molecule has 0 aromatic heterocycles. The standard InChI is InChI=1S/C10H12N2O.C2H6/c1-7-3-4-8-9(5-7)12(2)6-10(13)11-8;1-2/h3-5H,6H2,1-2H3,(H,11,13);1-2H3. The molecule has 0 bridgehead atoms. The molecule has 1 aliphatic rings. The minimum absolute atomic E-state index is 0.0545. The number of nitrogens with one attached hydrogen (secondary N) is 1. The molecule has 1 aliphatic heterocycles. The largest absolute Gasteiger partial charge is 0.364 e. The first-order valence-electron chi connectivity index (χ1n) is 5.28. The van der Waals surface area contributed by atoms with Gasteiger partial charge in [-0.1, -0.05) is 19.9 Å². The molecule has 2 rings (SSSR count). The van der Waals surface area contributed by atoms with E-state index < -0.39 is 0 Å². The predicted octanol–water partition coefficient (Wildman–Crippen LogP) is 2.41. The average Bonchev–Trinajstić information content (AvgIpc) is 2.22. The Morgan fingerprint density at radius 3 is 2.67 bits per heavy atom. The molecular weight excluding hydrogens is 188 g/mol. The molecule has 0 radical (unpaired) electrons. The van der Waals surface area contributed by atoms with E-state index in [9.17, 15) is 4.79 Å². The van der Waals surface area contributed by atoms with E-state index in [1.807, 2.05) is 44.9 Å². The van der Waals surface area contributed by atoms with E-state index in [1.165, 1.54) is 5.56 Å². The summed E-state index contributed by atoms with van der Waals surface area (Å²) in [5.41, 5.74) is 3.21. The first kappa shape index (κ1) is 11.6. The van der Waals surface area contributed by atoms with Crippen molar-refractivity contribution in [3.63, 3.8) is 0 Å². The number of hydrogen-bond acceptors (Lipinski definition) is 2. The Morgan fingerprint density at radius 1 is 1.33 bits per heavy atom. The average molecular weight is 206 g/mol. The lowest BCUT2D eigenvalue weighted by atomic mass is 10.1. The highest BCUT2D eigenvalue weighted by Gasteiger charge is 2.18. The fraction of sp³-hybridized carbons (Fsp3) is 0.417. The van der Waals surface area contributed by atoms with E-state index in [4.69, 9.17) is 0 Å². The molecule has 0 fully saturated rings. The van der Waals surface area contributed by atoms with Crippen LogP contribution < -0.4 is 10.2 Å². The van der Waals surface area contributed by atoms with Crippen LogP contribution in [-0.2, 0) is 4.79 Å². The zero-order chi connectivity index (χ0) is 11.4. The number of rotatable bonds is 0. The molecule has 15 heavy (non-hydrogen) atoms. The minimum atomic E-state index is 0.0545. The van der Waals surface area contributed by atoms with Gasteiger partial charge in [-0.3, -0.25) is 4.79 Å². The van der Waals surface area contributed by atoms with Crippen molar-refractivity contribution in [2.24, 2.45) is 0 Å². The second-order valence-corrected chi connectivity index (χ2v) is 3.42. The number of benzene rings is 1. The third-order valence-corrected chi connectivity index (χ3v) is 2.22. The first-order chi connectivity index (χ1) is 7.16. The third-order valence-electron chi connectivity index (χ3n) is 2.22. The topological polar surface area (TPSA) is 32.3 Å². The van der Waals surface area contributed by atoms with Gasteiger partial charge >= 0.3 is 0 Å². The summed E-state index contributed by atoms with van der Waals surface area (Å²) in [4.78, 5) is 13.1. The van der Waals surface area contributed by atoms with Gasteiger partial charge in [0.1, 0.15) is 0 Å². The van der Waals surface area contributed by atoms with Gasteiger partial charge < -0.3 is 10.2 Å². The Morgan fingerprint density at radius 2 is 2.00 bits per heavy atom. The maximum absolute atomic E-state index is 11.2. The van der Waals surface area contributed by atoms with Crippen LogP contribution >= 0.6 is 0 Å². The fourth-order valence-corrected chi connectivity index (χ4v) is 1.55. The molecule has 1 amide bonds. The Bertz CT molecular complexity index is 361. The highest BCUT2D eigenvalue weighted by Crippen LogP contribution is 2.28. The van der Waals surface area contributed by atoms with Crippen molar-refractivity contribution in [1.82, 2.24) is 0 Å². The summed E-state index contributed by atoms with van der Waals surface area (Å²) in [5, 5.41) is 2.84. The predicted molar refractivity (Wildman–Crippen MR) is 64.4 cm³/mol. The van der Waals surface area contributed by atoms with Crippen molar-refractivity contribution >= 4 is 17.3 Å². The molecule has 0 atom stereocenters. The Kier molecular flexibility index (Phi) is 3.72. The van der Waals surface area contributed by atoms with Crippen molar-refractivity contribution in [1.29, 1.82) is 0 Å². The molecule has 0 saturated carbocycles. The summed E-state index contributed by atoms with van der Waals surface area (Å²) in [5.74, 6) is 0.0545. The maximum Gasteiger partial charge on any atom is 0.243 e. The van der Waals surface area contributed by atoms with Crippen molar-refractivity contribution in [3.05, 3.63) is 23.8 Å². The fourth-order valence-electron chi connectivity index (χ4n) is 1.55. The molecule has 1 aromatic rings. The molecule has 1 heterocycles. The highest BCUT2D eigenvalue weighted by molar-refractivity contribution is 6.01. The van der Waals surface area contributed by atoms with E-state index in [-0.39, 0.29) is 5.91 Å². The Balaban J connectivity index is 0.000000531. The SMILES string of the molecule is CC.Cc1ccc2c(c1)N(C)CC(=O)N2. The van der Waals surface area contributed by atoms with Crippen LogP contribution in [-0.4, -0.2) is 19.5 Å². The van der Waals surface area contributed by atoms with Gasteiger partial charge in [0.15, 0.2) is 0 Å². The van der Waals surface area contributed by atoms with Crippen LogP contribution in [0, 0.1) is 6.92 Å². The third kappa shape index (κ3) is 2.49. The number of carbonyl (C=O) groups is 1. The van der Waals surface area contributed by atoms with Gasteiger partial charge in [0.25, 0.3) is 0 Å². The molecule has 1 aromatic carbocycles. The summed E-state index contributed by atoms with van der Waals surface area (Å²) in [6, 6.07) is 6.02. The summed E-state index contributed by atoms with van der Waals surface area (Å²) in [7, 11) is 1.93. The summed E-state index contributed by atoms with van der Waals surface area (Å²) in [6.45, 7) is 6.49. The number of aryl methyl sites for hydroxylation is 1. The zero-order valence-electron chi connectivity index (χ0n) is 9.79. The van der Waals surface area contributed by atoms with E-state index in [0.29, 0.717) is 6.54 Å². The van der Waals surface area contributed by atoms with Gasteiger partial charge in [-0.05, 0) is 24.6 Å². The second kappa shape index (κ2) is 4.82. The molecule has 1 N–H and O–H groups in total. The van der Waals surface area contributed by atoms with Gasteiger partial charge in [-0.2, -0.15) is 0 Å². The van der Waals surface area contributed by atoms with Crippen molar-refractivity contribution in [3.8, 4) is 0 Å². The van der Waals surface area contributed by atoms with E-state index in [1.54, 1.807) is 0 Å². The zero-order valence-corrected chi connectivity index (χ0v) is 9.79. The van der Waals surface area contributed by atoms with E-state index in [0.717, 1.165) is 11.4 Å². The summed E-state index contributed by atoms with van der Waals surface area (Å²) >= 11 is 0. The minimum Gasteiger partial charge on any atom is -0.364 e. The molecule has 82 valence electrons. The molecular formula is C12H18N2O.